The quantitative estimate of drug-likeness (QED) is 0.237. The van der Waals surface area contributed by atoms with Gasteiger partial charge in [0, 0.05) is 18.2 Å². The predicted molar refractivity (Wildman–Crippen MR) is 73.3 cm³/mol. The highest BCUT2D eigenvalue weighted by Crippen LogP contribution is 2.05. The second-order valence-corrected chi connectivity index (χ2v) is 4.53. The molecule has 0 saturated heterocycles. The van der Waals surface area contributed by atoms with Gasteiger partial charge >= 0.3 is 0 Å². The van der Waals surface area contributed by atoms with Crippen molar-refractivity contribution in [3.63, 3.8) is 0 Å². The van der Waals surface area contributed by atoms with Crippen molar-refractivity contribution in [2.75, 3.05) is 5.33 Å². The van der Waals surface area contributed by atoms with E-state index in [2.05, 4.69) is 34.3 Å². The van der Waals surface area contributed by atoms with E-state index in [0.29, 0.717) is 0 Å². The summed E-state index contributed by atoms with van der Waals surface area (Å²) in [6.07, 6.45) is 13.0. The van der Waals surface area contributed by atoms with E-state index in [1.54, 1.807) is 0 Å². The summed E-state index contributed by atoms with van der Waals surface area (Å²) in [6, 6.07) is 0. The molecule has 0 atom stereocenters. The summed E-state index contributed by atoms with van der Waals surface area (Å²) in [4.78, 5) is 0. The van der Waals surface area contributed by atoms with Crippen LogP contribution in [-0.4, -0.2) is 5.33 Å². The molecule has 0 fully saturated rings. The molecule has 0 nitrogen and oxygen atoms in total. The Hall–Kier alpha value is -0.220. The minimum atomic E-state index is 1.04. The fourth-order valence-electron chi connectivity index (χ4n) is 1.35. The molecule has 0 aromatic carbocycles. The molecule has 0 aliphatic heterocycles. The monoisotopic (exact) mass is 270 g/mol. The Bertz CT molecular complexity index is 185. The Morgan fingerprint density at radius 2 is 1.47 bits per heavy atom. The molecule has 0 aliphatic rings. The lowest BCUT2D eigenvalue weighted by Crippen LogP contribution is -1.79. The zero-order valence-corrected chi connectivity index (χ0v) is 11.3. The Balaban J connectivity index is 3.05. The SMILES string of the molecule is C=CCCCC#CCCCCCCCBr. The standard InChI is InChI=1S/C14H23Br/c1-2-3-4-5-6-7-8-9-10-11-12-13-14-15/h2H,1,3-5,8-14H2. The third-order valence-corrected chi connectivity index (χ3v) is 2.83. The zero-order valence-electron chi connectivity index (χ0n) is 9.73. The van der Waals surface area contributed by atoms with E-state index in [1.807, 2.05) is 6.08 Å². The molecule has 86 valence electrons. The average molecular weight is 271 g/mol. The van der Waals surface area contributed by atoms with Crippen molar-refractivity contribution in [2.45, 2.75) is 57.8 Å². The summed E-state index contributed by atoms with van der Waals surface area (Å²) in [5.41, 5.74) is 0. The van der Waals surface area contributed by atoms with Gasteiger partial charge in [-0.2, -0.15) is 0 Å². The predicted octanol–water partition coefficient (Wildman–Crippen LogP) is 5.08. The number of hydrogen-bond donors (Lipinski definition) is 0. The lowest BCUT2D eigenvalue weighted by atomic mass is 10.1. The second-order valence-electron chi connectivity index (χ2n) is 3.74. The molecule has 0 spiro atoms. The fraction of sp³-hybridized carbons (Fsp3) is 0.714. The van der Waals surface area contributed by atoms with Gasteiger partial charge in [0.15, 0.2) is 0 Å². The number of halogens is 1. The van der Waals surface area contributed by atoms with E-state index in [-0.39, 0.29) is 0 Å². The van der Waals surface area contributed by atoms with Crippen molar-refractivity contribution in [1.29, 1.82) is 0 Å². The molecule has 0 amide bonds. The number of hydrogen-bond acceptors (Lipinski definition) is 0. The first-order valence-electron chi connectivity index (χ1n) is 6.04. The third kappa shape index (κ3) is 13.8. The highest BCUT2D eigenvalue weighted by atomic mass is 79.9. The summed E-state index contributed by atoms with van der Waals surface area (Å²) in [5.74, 6) is 6.46. The van der Waals surface area contributed by atoms with Gasteiger partial charge in [-0.1, -0.05) is 41.3 Å². The van der Waals surface area contributed by atoms with Gasteiger partial charge < -0.3 is 0 Å². The summed E-state index contributed by atoms with van der Waals surface area (Å²) in [7, 11) is 0. The first kappa shape index (κ1) is 14.8. The van der Waals surface area contributed by atoms with Gasteiger partial charge in [0.25, 0.3) is 0 Å². The van der Waals surface area contributed by atoms with Crippen molar-refractivity contribution in [1.82, 2.24) is 0 Å². The lowest BCUT2D eigenvalue weighted by molar-refractivity contribution is 0.644. The van der Waals surface area contributed by atoms with E-state index in [9.17, 15) is 0 Å². The smallest absolute Gasteiger partial charge is 0.00916 e. The zero-order chi connectivity index (χ0) is 11.2. The molecular weight excluding hydrogens is 248 g/mol. The molecule has 0 bridgehead atoms. The minimum Gasteiger partial charge on any atom is -0.103 e. The normalized spacial score (nSPS) is 9.40. The van der Waals surface area contributed by atoms with Crippen molar-refractivity contribution in [2.24, 2.45) is 0 Å². The topological polar surface area (TPSA) is 0 Å². The lowest BCUT2D eigenvalue weighted by Gasteiger charge is -1.95. The number of unbranched alkanes of at least 4 members (excludes halogenated alkanes) is 7. The molecular formula is C14H23Br. The van der Waals surface area contributed by atoms with Gasteiger partial charge in [0.1, 0.15) is 0 Å². The van der Waals surface area contributed by atoms with Crippen molar-refractivity contribution >= 4 is 15.9 Å². The number of rotatable bonds is 9. The van der Waals surface area contributed by atoms with Crippen LogP contribution in [0.5, 0.6) is 0 Å². The first-order valence-corrected chi connectivity index (χ1v) is 7.16. The molecule has 0 unspecified atom stereocenters. The van der Waals surface area contributed by atoms with E-state index in [4.69, 9.17) is 0 Å². The number of alkyl halides is 1. The molecule has 0 saturated carbocycles. The summed E-state index contributed by atoms with van der Waals surface area (Å²) < 4.78 is 0. The van der Waals surface area contributed by atoms with E-state index in [0.717, 1.165) is 24.6 Å². The van der Waals surface area contributed by atoms with Gasteiger partial charge in [0.2, 0.25) is 0 Å². The summed E-state index contributed by atoms with van der Waals surface area (Å²) in [5, 5.41) is 1.15. The number of allylic oxidation sites excluding steroid dienone is 1. The summed E-state index contributed by atoms with van der Waals surface area (Å²) in [6.45, 7) is 3.69. The third-order valence-electron chi connectivity index (χ3n) is 2.27. The molecule has 0 radical (unpaired) electrons. The first-order chi connectivity index (χ1) is 7.41. The van der Waals surface area contributed by atoms with Gasteiger partial charge in [-0.15, -0.1) is 18.4 Å². The van der Waals surface area contributed by atoms with Crippen LogP contribution in [0.1, 0.15) is 57.8 Å². The van der Waals surface area contributed by atoms with Crippen molar-refractivity contribution < 1.29 is 0 Å². The fourth-order valence-corrected chi connectivity index (χ4v) is 1.75. The van der Waals surface area contributed by atoms with Gasteiger partial charge in [-0.25, -0.2) is 0 Å². The van der Waals surface area contributed by atoms with Crippen LogP contribution in [0.25, 0.3) is 0 Å². The molecule has 0 N–H and O–H groups in total. The van der Waals surface area contributed by atoms with Crippen molar-refractivity contribution in [3.8, 4) is 11.8 Å². The molecule has 1 heteroatoms. The summed E-state index contributed by atoms with van der Waals surface area (Å²) >= 11 is 3.44. The van der Waals surface area contributed by atoms with Crippen LogP contribution >= 0.6 is 15.9 Å². The van der Waals surface area contributed by atoms with Crippen LogP contribution in [0.2, 0.25) is 0 Å². The van der Waals surface area contributed by atoms with Gasteiger partial charge in [0.05, 0.1) is 0 Å². The van der Waals surface area contributed by atoms with Crippen LogP contribution in [-0.2, 0) is 0 Å². The van der Waals surface area contributed by atoms with Gasteiger partial charge in [-0.3, -0.25) is 0 Å². The largest absolute Gasteiger partial charge is 0.103 e. The Morgan fingerprint density at radius 3 is 2.13 bits per heavy atom. The second kappa shape index (κ2) is 13.8. The highest BCUT2D eigenvalue weighted by molar-refractivity contribution is 9.09. The molecule has 0 aliphatic carbocycles. The molecule has 0 aromatic heterocycles. The maximum atomic E-state index is 3.69. The average Bonchev–Trinajstić information content (AvgIpc) is 2.26. The van der Waals surface area contributed by atoms with Crippen LogP contribution in [0.3, 0.4) is 0 Å². The Morgan fingerprint density at radius 1 is 0.867 bits per heavy atom. The Kier molecular flexibility index (Phi) is 13.6. The van der Waals surface area contributed by atoms with Crippen molar-refractivity contribution in [3.05, 3.63) is 12.7 Å². The van der Waals surface area contributed by atoms with Crippen LogP contribution in [0.4, 0.5) is 0 Å². The van der Waals surface area contributed by atoms with E-state index < -0.39 is 0 Å². The van der Waals surface area contributed by atoms with Crippen LogP contribution in [0, 0.1) is 11.8 Å². The van der Waals surface area contributed by atoms with Crippen LogP contribution in [0.15, 0.2) is 12.7 Å². The van der Waals surface area contributed by atoms with Gasteiger partial charge in [-0.05, 0) is 25.7 Å². The molecule has 0 heterocycles. The molecule has 0 aromatic rings. The van der Waals surface area contributed by atoms with Crippen LogP contribution < -0.4 is 0 Å². The highest BCUT2D eigenvalue weighted by Gasteiger charge is 1.88. The minimum absolute atomic E-state index is 1.04. The molecule has 15 heavy (non-hydrogen) atoms. The molecule has 0 rings (SSSR count). The van der Waals surface area contributed by atoms with E-state index >= 15 is 0 Å². The maximum Gasteiger partial charge on any atom is 0.00916 e. The van der Waals surface area contributed by atoms with E-state index in [1.165, 1.54) is 38.5 Å². The Labute approximate surface area is 104 Å². The maximum absolute atomic E-state index is 3.69.